The standard InChI is InChI=1S/C22H23N3O.3ClH/c1-2-16(9-21-15(1)5-6-23-21)20-4-3-19(10-24-20)26-22-17-7-14-8-18(22)13-25(11-14)12-17;;;/h1-6,9-10,14,17-18,22-23H,7-8,11-13H2;3*1H. The maximum Gasteiger partial charge on any atom is 0.138 e. The van der Waals surface area contributed by atoms with Gasteiger partial charge in [0.05, 0.1) is 11.9 Å². The van der Waals surface area contributed by atoms with Gasteiger partial charge in [-0.1, -0.05) is 12.1 Å². The molecule has 4 aliphatic rings. The smallest absolute Gasteiger partial charge is 0.138 e. The fourth-order valence-electron chi connectivity index (χ4n) is 5.54. The van der Waals surface area contributed by atoms with Crippen LogP contribution in [0.5, 0.6) is 5.75 Å². The lowest BCUT2D eigenvalue weighted by Crippen LogP contribution is -2.61. The lowest BCUT2D eigenvalue weighted by atomic mass is 9.66. The number of piperidine rings is 3. The molecule has 7 heteroatoms. The van der Waals surface area contributed by atoms with Crippen LogP contribution in [0.3, 0.4) is 0 Å². The van der Waals surface area contributed by atoms with Crippen LogP contribution in [0.15, 0.2) is 48.8 Å². The minimum Gasteiger partial charge on any atom is -0.488 e. The molecule has 0 amide bonds. The summed E-state index contributed by atoms with van der Waals surface area (Å²) in [5, 5.41) is 1.23. The fourth-order valence-corrected chi connectivity index (χ4v) is 5.54. The van der Waals surface area contributed by atoms with E-state index in [1.165, 1.54) is 37.9 Å². The second kappa shape index (κ2) is 8.73. The van der Waals surface area contributed by atoms with Gasteiger partial charge >= 0.3 is 0 Å². The highest BCUT2D eigenvalue weighted by Crippen LogP contribution is 2.44. The highest BCUT2D eigenvalue weighted by atomic mass is 35.5. The summed E-state index contributed by atoms with van der Waals surface area (Å²) in [6, 6.07) is 12.7. The van der Waals surface area contributed by atoms with E-state index in [2.05, 4.69) is 51.3 Å². The molecule has 4 bridgehead atoms. The van der Waals surface area contributed by atoms with Crippen LogP contribution in [0.4, 0.5) is 0 Å². The zero-order chi connectivity index (χ0) is 17.1. The molecule has 4 fully saturated rings. The van der Waals surface area contributed by atoms with Crippen molar-refractivity contribution < 1.29 is 4.74 Å². The quantitative estimate of drug-likeness (QED) is 0.590. The molecule has 1 aliphatic carbocycles. The van der Waals surface area contributed by atoms with Gasteiger partial charge in [-0.25, -0.2) is 0 Å². The van der Waals surface area contributed by atoms with Crippen molar-refractivity contribution in [1.29, 1.82) is 0 Å². The van der Waals surface area contributed by atoms with E-state index in [9.17, 15) is 0 Å². The number of H-pyrrole nitrogens is 1. The summed E-state index contributed by atoms with van der Waals surface area (Å²) in [7, 11) is 0. The van der Waals surface area contributed by atoms with Crippen LogP contribution >= 0.6 is 37.2 Å². The Morgan fingerprint density at radius 2 is 1.72 bits per heavy atom. The van der Waals surface area contributed by atoms with Crippen molar-refractivity contribution in [2.45, 2.75) is 18.9 Å². The highest BCUT2D eigenvalue weighted by molar-refractivity contribution is 5.86. The first-order valence-electron chi connectivity index (χ1n) is 9.74. The first-order valence-corrected chi connectivity index (χ1v) is 9.74. The first-order chi connectivity index (χ1) is 12.8. The third kappa shape index (κ3) is 3.96. The van der Waals surface area contributed by atoms with Crippen LogP contribution in [-0.2, 0) is 0 Å². The molecule has 7 rings (SSSR count). The molecule has 156 valence electrons. The average molecular weight is 455 g/mol. The maximum atomic E-state index is 6.44. The molecule has 3 saturated heterocycles. The Morgan fingerprint density at radius 1 is 0.931 bits per heavy atom. The predicted molar refractivity (Wildman–Crippen MR) is 124 cm³/mol. The summed E-state index contributed by atoms with van der Waals surface area (Å²) < 4.78 is 6.44. The lowest BCUT2D eigenvalue weighted by molar-refractivity contribution is -0.0985. The van der Waals surface area contributed by atoms with Crippen LogP contribution < -0.4 is 4.74 Å². The number of nitrogens with one attached hydrogen (secondary N) is 1. The number of benzene rings is 1. The van der Waals surface area contributed by atoms with Crippen LogP contribution in [0.1, 0.15) is 12.8 Å². The molecule has 1 saturated carbocycles. The molecule has 1 aromatic carbocycles. The van der Waals surface area contributed by atoms with E-state index in [1.54, 1.807) is 0 Å². The normalized spacial score (nSPS) is 28.9. The largest absolute Gasteiger partial charge is 0.488 e. The second-order valence-electron chi connectivity index (χ2n) is 8.32. The number of nitrogens with zero attached hydrogens (tertiary/aromatic N) is 2. The van der Waals surface area contributed by atoms with Crippen molar-refractivity contribution in [2.24, 2.45) is 17.8 Å². The van der Waals surface area contributed by atoms with Crippen molar-refractivity contribution in [1.82, 2.24) is 14.9 Å². The Morgan fingerprint density at radius 3 is 2.41 bits per heavy atom. The molecule has 1 N–H and O–H groups in total. The third-order valence-corrected chi connectivity index (χ3v) is 6.56. The van der Waals surface area contributed by atoms with Crippen molar-refractivity contribution in [3.63, 3.8) is 0 Å². The summed E-state index contributed by atoms with van der Waals surface area (Å²) in [6.45, 7) is 3.76. The Labute approximate surface area is 189 Å². The molecule has 3 aromatic rings. The molecule has 2 unspecified atom stereocenters. The predicted octanol–water partition coefficient (Wildman–Crippen LogP) is 5.21. The van der Waals surface area contributed by atoms with Gasteiger partial charge in [0.2, 0.25) is 0 Å². The molecular formula is C22H26Cl3N3O. The number of hydrogen-bond donors (Lipinski definition) is 1. The van der Waals surface area contributed by atoms with E-state index >= 15 is 0 Å². The van der Waals surface area contributed by atoms with E-state index < -0.39 is 0 Å². The fraction of sp³-hybridized carbons (Fsp3) is 0.409. The molecule has 3 aliphatic heterocycles. The minimum atomic E-state index is 0. The molecular weight excluding hydrogens is 429 g/mol. The molecule has 29 heavy (non-hydrogen) atoms. The summed E-state index contributed by atoms with van der Waals surface area (Å²) in [5.74, 6) is 3.24. The van der Waals surface area contributed by atoms with E-state index in [0.29, 0.717) is 17.9 Å². The van der Waals surface area contributed by atoms with Crippen LogP contribution in [0.25, 0.3) is 22.2 Å². The van der Waals surface area contributed by atoms with Gasteiger partial charge in [-0.05, 0) is 48.4 Å². The summed E-state index contributed by atoms with van der Waals surface area (Å²) in [5.41, 5.74) is 3.27. The molecule has 2 atom stereocenters. The lowest BCUT2D eigenvalue weighted by Gasteiger charge is -2.55. The first kappa shape index (κ1) is 22.2. The highest BCUT2D eigenvalue weighted by Gasteiger charge is 2.48. The number of pyridine rings is 1. The molecule has 0 spiro atoms. The number of ether oxygens (including phenoxy) is 1. The number of halogens is 3. The van der Waals surface area contributed by atoms with Crippen LogP contribution in [-0.4, -0.2) is 40.6 Å². The number of aromatic amines is 1. The topological polar surface area (TPSA) is 41.1 Å². The van der Waals surface area contributed by atoms with Gasteiger partial charge in [-0.15, -0.1) is 37.2 Å². The van der Waals surface area contributed by atoms with Gasteiger partial charge in [-0.2, -0.15) is 0 Å². The van der Waals surface area contributed by atoms with E-state index in [1.807, 2.05) is 12.4 Å². The molecule has 4 nitrogen and oxygen atoms in total. The van der Waals surface area contributed by atoms with Gasteiger partial charge in [0, 0.05) is 48.7 Å². The second-order valence-corrected chi connectivity index (χ2v) is 8.32. The number of aromatic nitrogens is 2. The average Bonchev–Trinajstić information content (AvgIpc) is 3.12. The zero-order valence-electron chi connectivity index (χ0n) is 16.0. The Hall–Kier alpha value is -1.46. The van der Waals surface area contributed by atoms with Crippen LogP contribution in [0, 0.1) is 17.8 Å². The molecule has 2 aromatic heterocycles. The Kier molecular flexibility index (Phi) is 6.69. The van der Waals surface area contributed by atoms with E-state index in [4.69, 9.17) is 4.74 Å². The molecule has 0 radical (unpaired) electrons. The van der Waals surface area contributed by atoms with Crippen LogP contribution in [0.2, 0.25) is 0 Å². The van der Waals surface area contributed by atoms with Crippen molar-refractivity contribution in [3.8, 4) is 17.0 Å². The minimum absolute atomic E-state index is 0. The maximum absolute atomic E-state index is 6.44. The van der Waals surface area contributed by atoms with E-state index in [-0.39, 0.29) is 37.2 Å². The SMILES string of the molecule is Cl.Cl.Cl.c1cc2ccc(-c3ccc(OC4C5CC6CC4CN(C6)C5)cn3)cc2[nH]1. The van der Waals surface area contributed by atoms with Gasteiger partial charge < -0.3 is 14.6 Å². The third-order valence-electron chi connectivity index (χ3n) is 6.56. The van der Waals surface area contributed by atoms with Crippen molar-refractivity contribution in [3.05, 3.63) is 48.8 Å². The Bertz CT molecular complexity index is 931. The van der Waals surface area contributed by atoms with Gasteiger partial charge in [0.1, 0.15) is 11.9 Å². The summed E-state index contributed by atoms with van der Waals surface area (Å²) in [4.78, 5) is 10.6. The van der Waals surface area contributed by atoms with E-state index in [0.717, 1.165) is 28.4 Å². The summed E-state index contributed by atoms with van der Waals surface area (Å²) in [6.07, 6.45) is 6.95. The number of hydrogen-bond acceptors (Lipinski definition) is 3. The van der Waals surface area contributed by atoms with Crippen molar-refractivity contribution in [2.75, 3.05) is 19.6 Å². The number of rotatable bonds is 3. The number of fused-ring (bicyclic) bond motifs is 1. The zero-order valence-corrected chi connectivity index (χ0v) is 18.4. The monoisotopic (exact) mass is 453 g/mol. The molecule has 5 heterocycles. The Balaban J connectivity index is 0.000000801. The van der Waals surface area contributed by atoms with Crippen molar-refractivity contribution >= 4 is 48.1 Å². The van der Waals surface area contributed by atoms with Gasteiger partial charge in [0.15, 0.2) is 0 Å². The summed E-state index contributed by atoms with van der Waals surface area (Å²) >= 11 is 0. The van der Waals surface area contributed by atoms with Gasteiger partial charge in [0.25, 0.3) is 0 Å². The van der Waals surface area contributed by atoms with Gasteiger partial charge in [-0.3, -0.25) is 4.98 Å².